The van der Waals surface area contributed by atoms with E-state index in [0.717, 1.165) is 31.4 Å². The van der Waals surface area contributed by atoms with Crippen LogP contribution in [0.2, 0.25) is 0 Å². The quantitative estimate of drug-likeness (QED) is 0.513. The van der Waals surface area contributed by atoms with E-state index in [1.54, 1.807) is 0 Å². The predicted octanol–water partition coefficient (Wildman–Crippen LogP) is 5.94. The fourth-order valence-electron chi connectivity index (χ4n) is 3.73. The van der Waals surface area contributed by atoms with Crippen molar-refractivity contribution in [1.82, 2.24) is 0 Å². The van der Waals surface area contributed by atoms with E-state index in [1.165, 1.54) is 38.9 Å². The van der Waals surface area contributed by atoms with E-state index in [0.29, 0.717) is 0 Å². The second-order valence-corrected chi connectivity index (χ2v) is 7.35. The van der Waals surface area contributed by atoms with E-state index in [1.807, 2.05) is 0 Å². The molecule has 130 valence electrons. The molecule has 0 atom stereocenters. The van der Waals surface area contributed by atoms with Crippen molar-refractivity contribution in [3.05, 3.63) is 99.6 Å². The monoisotopic (exact) mass is 339 g/mol. The van der Waals surface area contributed by atoms with Crippen molar-refractivity contribution in [3.8, 4) is 0 Å². The molecule has 0 aliphatic heterocycles. The molecule has 4 aliphatic carbocycles. The first-order valence-corrected chi connectivity index (χ1v) is 9.49. The maximum Gasteiger partial charge on any atom is 0.0688 e. The number of para-hydroxylation sites is 1. The Bertz CT molecular complexity index is 928. The third-order valence-electron chi connectivity index (χ3n) is 5.39. The van der Waals surface area contributed by atoms with Crippen LogP contribution in [0.1, 0.15) is 38.9 Å². The van der Waals surface area contributed by atoms with Gasteiger partial charge >= 0.3 is 0 Å². The number of aliphatic imine (C=N–C) groups is 1. The lowest BCUT2D eigenvalue weighted by Gasteiger charge is -2.12. The van der Waals surface area contributed by atoms with Gasteiger partial charge in [0.15, 0.2) is 0 Å². The molecule has 0 radical (unpaired) electrons. The van der Waals surface area contributed by atoms with E-state index in [4.69, 9.17) is 4.99 Å². The minimum absolute atomic E-state index is 1.05. The van der Waals surface area contributed by atoms with Gasteiger partial charge in [-0.05, 0) is 84.5 Å². The molecule has 0 aromatic heterocycles. The molecule has 0 fully saturated rings. The van der Waals surface area contributed by atoms with Gasteiger partial charge in [0.1, 0.15) is 0 Å². The third kappa shape index (κ3) is 3.62. The van der Waals surface area contributed by atoms with E-state index >= 15 is 0 Å². The Morgan fingerprint density at radius 2 is 1.27 bits per heavy atom. The number of hydrogen-bond acceptors (Lipinski definition) is 1. The van der Waals surface area contributed by atoms with Gasteiger partial charge in [0.2, 0.25) is 0 Å². The van der Waals surface area contributed by atoms with Gasteiger partial charge in [-0.3, -0.25) is 4.99 Å². The lowest BCUT2D eigenvalue weighted by atomic mass is 9.93. The minimum atomic E-state index is 1.05. The van der Waals surface area contributed by atoms with Crippen molar-refractivity contribution in [1.29, 1.82) is 0 Å². The smallest absolute Gasteiger partial charge is 0.0688 e. The summed E-state index contributed by atoms with van der Waals surface area (Å²) in [5.41, 5.74) is 10.4. The highest BCUT2D eigenvalue weighted by molar-refractivity contribution is 5.85. The first-order valence-electron chi connectivity index (χ1n) is 9.49. The van der Waals surface area contributed by atoms with Crippen LogP contribution in [-0.2, 0) is 25.7 Å². The zero-order chi connectivity index (χ0) is 17.9. The average Bonchev–Trinajstić information content (AvgIpc) is 2.64. The molecule has 7 rings (SSSR count). The van der Waals surface area contributed by atoms with Gasteiger partial charge in [-0.25, -0.2) is 0 Å². The molecule has 0 N–H and O–H groups in total. The topological polar surface area (TPSA) is 12.4 Å². The van der Waals surface area contributed by atoms with Crippen LogP contribution < -0.4 is 0 Å². The second-order valence-electron chi connectivity index (χ2n) is 7.35. The number of rotatable bonds is 2. The highest BCUT2D eigenvalue weighted by Crippen LogP contribution is 2.24. The summed E-state index contributed by atoms with van der Waals surface area (Å²) in [5, 5.41) is 0. The molecule has 0 heterocycles. The molecule has 3 aromatic carbocycles. The summed E-state index contributed by atoms with van der Waals surface area (Å²) < 4.78 is 0. The Hall–Kier alpha value is -2.67. The van der Waals surface area contributed by atoms with E-state index in [9.17, 15) is 0 Å². The Morgan fingerprint density at radius 3 is 1.96 bits per heavy atom. The lowest BCUT2D eigenvalue weighted by Crippen LogP contribution is -2.02. The standard InChI is InChI=1S/C25H25N/c1-18-4-3-5-19(2)25(18)26-17-24-16-22-11-10-20-6-8-21(9-7-20)12-14-23(24)15-13-22/h3-9,13,15-17H,10-12,14H2,1-2H3. The molecule has 1 heteroatoms. The summed E-state index contributed by atoms with van der Waals surface area (Å²) in [7, 11) is 0. The largest absolute Gasteiger partial charge is 0.256 e. The van der Waals surface area contributed by atoms with Crippen molar-refractivity contribution in [2.45, 2.75) is 39.5 Å². The summed E-state index contributed by atoms with van der Waals surface area (Å²) in [6.45, 7) is 4.26. The van der Waals surface area contributed by atoms with Crippen LogP contribution in [0, 0.1) is 13.8 Å². The van der Waals surface area contributed by atoms with E-state index in [2.05, 4.69) is 80.7 Å². The van der Waals surface area contributed by atoms with Gasteiger partial charge < -0.3 is 0 Å². The molecule has 0 saturated heterocycles. The SMILES string of the molecule is Cc1cccc(C)c1N=Cc1cc2ccc1CCc1ccc(cc1)CC2. The molecule has 0 saturated carbocycles. The van der Waals surface area contributed by atoms with Gasteiger partial charge in [-0.1, -0.05) is 54.6 Å². The molecule has 26 heavy (non-hydrogen) atoms. The number of benzene rings is 3. The number of aryl methyl sites for hydroxylation is 6. The van der Waals surface area contributed by atoms with Crippen LogP contribution in [0.15, 0.2) is 65.7 Å². The molecule has 1 nitrogen and oxygen atoms in total. The van der Waals surface area contributed by atoms with Gasteiger partial charge in [0.05, 0.1) is 5.69 Å². The number of hydrogen-bond donors (Lipinski definition) is 0. The summed E-state index contributed by atoms with van der Waals surface area (Å²) in [6.07, 6.45) is 6.36. The second kappa shape index (κ2) is 7.29. The first kappa shape index (κ1) is 16.8. The summed E-state index contributed by atoms with van der Waals surface area (Å²) >= 11 is 0. The van der Waals surface area contributed by atoms with Crippen LogP contribution in [-0.4, -0.2) is 6.21 Å². The Kier molecular flexibility index (Phi) is 4.71. The molecular formula is C25H25N. The van der Waals surface area contributed by atoms with Crippen LogP contribution in [0.4, 0.5) is 5.69 Å². The van der Waals surface area contributed by atoms with Gasteiger partial charge in [-0.15, -0.1) is 0 Å². The Labute approximate surface area is 156 Å². The lowest BCUT2D eigenvalue weighted by molar-refractivity contribution is 0.920. The molecule has 4 aliphatic rings. The molecule has 0 spiro atoms. The maximum absolute atomic E-state index is 4.86. The van der Waals surface area contributed by atoms with Crippen LogP contribution in [0.25, 0.3) is 0 Å². The van der Waals surface area contributed by atoms with Gasteiger partial charge in [-0.2, -0.15) is 0 Å². The number of nitrogens with zero attached hydrogens (tertiary/aromatic N) is 1. The van der Waals surface area contributed by atoms with Crippen molar-refractivity contribution in [3.63, 3.8) is 0 Å². The summed E-state index contributed by atoms with van der Waals surface area (Å²) in [4.78, 5) is 4.86. The Morgan fingerprint density at radius 1 is 0.692 bits per heavy atom. The molecule has 0 amide bonds. The molecular weight excluding hydrogens is 314 g/mol. The predicted molar refractivity (Wildman–Crippen MR) is 111 cm³/mol. The highest BCUT2D eigenvalue weighted by Gasteiger charge is 2.07. The van der Waals surface area contributed by atoms with E-state index < -0.39 is 0 Å². The van der Waals surface area contributed by atoms with Crippen LogP contribution >= 0.6 is 0 Å². The zero-order valence-electron chi connectivity index (χ0n) is 15.6. The van der Waals surface area contributed by atoms with Crippen LogP contribution in [0.3, 0.4) is 0 Å². The normalized spacial score (nSPS) is 13.8. The maximum atomic E-state index is 4.86. The average molecular weight is 339 g/mol. The fourth-order valence-corrected chi connectivity index (χ4v) is 3.73. The van der Waals surface area contributed by atoms with Crippen molar-refractivity contribution in [2.24, 2.45) is 4.99 Å². The minimum Gasteiger partial charge on any atom is -0.256 e. The van der Waals surface area contributed by atoms with Crippen molar-refractivity contribution < 1.29 is 0 Å². The highest BCUT2D eigenvalue weighted by atomic mass is 14.7. The van der Waals surface area contributed by atoms with E-state index in [-0.39, 0.29) is 0 Å². The van der Waals surface area contributed by atoms with Crippen LogP contribution in [0.5, 0.6) is 0 Å². The summed E-state index contributed by atoms with van der Waals surface area (Å²) in [6, 6.07) is 22.4. The third-order valence-corrected chi connectivity index (χ3v) is 5.39. The van der Waals surface area contributed by atoms with Crippen molar-refractivity contribution in [2.75, 3.05) is 0 Å². The van der Waals surface area contributed by atoms with Crippen molar-refractivity contribution >= 4 is 11.9 Å². The molecule has 0 unspecified atom stereocenters. The molecule has 4 bridgehead atoms. The zero-order valence-corrected chi connectivity index (χ0v) is 15.6. The fraction of sp³-hybridized carbons (Fsp3) is 0.240. The first-order chi connectivity index (χ1) is 12.7. The Balaban J connectivity index is 1.70. The summed E-state index contributed by atoms with van der Waals surface area (Å²) in [5.74, 6) is 0. The van der Waals surface area contributed by atoms with Gasteiger partial charge in [0.25, 0.3) is 0 Å². The van der Waals surface area contributed by atoms with Gasteiger partial charge in [0, 0.05) is 6.21 Å². The molecule has 3 aromatic rings.